The van der Waals surface area contributed by atoms with Crippen LogP contribution in [0, 0.1) is 0 Å². The zero-order chi connectivity index (χ0) is 14.7. The van der Waals surface area contributed by atoms with Gasteiger partial charge >= 0.3 is 0 Å². The molecule has 104 valence electrons. The average molecular weight is 334 g/mol. The Balaban J connectivity index is 2.37. The Hall–Kier alpha value is -2.01. The second kappa shape index (κ2) is 5.96. The molecule has 0 aliphatic heterocycles. The Bertz CT molecular complexity index is 643. The maximum Gasteiger partial charge on any atom is 0.250 e. The van der Waals surface area contributed by atoms with Gasteiger partial charge in [0.25, 0.3) is 5.91 Å². The van der Waals surface area contributed by atoms with E-state index in [9.17, 15) is 4.79 Å². The van der Waals surface area contributed by atoms with Gasteiger partial charge in [-0.3, -0.25) is 4.79 Å². The van der Waals surface area contributed by atoms with Gasteiger partial charge in [-0.15, -0.1) is 0 Å². The number of para-hydroxylation sites is 1. The summed E-state index contributed by atoms with van der Waals surface area (Å²) in [5.74, 6) is -0.480. The predicted molar refractivity (Wildman–Crippen MR) is 85.6 cm³/mol. The molecule has 0 aliphatic carbocycles. The summed E-state index contributed by atoms with van der Waals surface area (Å²) in [5, 5.41) is 0. The number of carbonyl (C=O) groups excluding carboxylic acids is 1. The quantitative estimate of drug-likeness (QED) is 0.845. The molecule has 0 saturated heterocycles. The number of hydrogen-bond donors (Lipinski definition) is 2. The number of anilines is 2. The van der Waals surface area contributed by atoms with E-state index in [1.54, 1.807) is 18.2 Å². The topological polar surface area (TPSA) is 72.3 Å². The lowest BCUT2D eigenvalue weighted by molar-refractivity contribution is 0.100. The summed E-state index contributed by atoms with van der Waals surface area (Å²) in [6.45, 7) is 0.621. The maximum absolute atomic E-state index is 11.5. The summed E-state index contributed by atoms with van der Waals surface area (Å²) in [4.78, 5) is 13.5. The lowest BCUT2D eigenvalue weighted by Gasteiger charge is -2.24. The molecule has 5 heteroatoms. The first-order chi connectivity index (χ1) is 9.50. The summed E-state index contributed by atoms with van der Waals surface area (Å²) in [6, 6.07) is 13.1. The van der Waals surface area contributed by atoms with Crippen LogP contribution in [0.25, 0.3) is 0 Å². The summed E-state index contributed by atoms with van der Waals surface area (Å²) in [6.07, 6.45) is 0. The fraction of sp³-hybridized carbons (Fsp3) is 0.133. The second-order valence-corrected chi connectivity index (χ2v) is 5.41. The van der Waals surface area contributed by atoms with Crippen LogP contribution in [0.5, 0.6) is 0 Å². The van der Waals surface area contributed by atoms with Gasteiger partial charge in [0.05, 0.1) is 16.9 Å². The first-order valence-electron chi connectivity index (χ1n) is 6.13. The van der Waals surface area contributed by atoms with Crippen LogP contribution in [0.2, 0.25) is 0 Å². The molecule has 0 aliphatic rings. The largest absolute Gasteiger partial charge is 0.397 e. The van der Waals surface area contributed by atoms with Crippen LogP contribution in [-0.4, -0.2) is 13.0 Å². The van der Waals surface area contributed by atoms with Crippen molar-refractivity contribution in [3.8, 4) is 0 Å². The van der Waals surface area contributed by atoms with Crippen molar-refractivity contribution in [3.63, 3.8) is 0 Å². The number of hydrogen-bond acceptors (Lipinski definition) is 3. The molecule has 0 spiro atoms. The molecule has 0 bridgehead atoms. The first-order valence-corrected chi connectivity index (χ1v) is 6.93. The third-order valence-corrected chi connectivity index (χ3v) is 3.85. The third-order valence-electron chi connectivity index (χ3n) is 3.08. The molecular weight excluding hydrogens is 318 g/mol. The van der Waals surface area contributed by atoms with Gasteiger partial charge in [-0.05, 0) is 23.8 Å². The van der Waals surface area contributed by atoms with Crippen LogP contribution in [-0.2, 0) is 6.54 Å². The summed E-state index contributed by atoms with van der Waals surface area (Å²) >= 11 is 3.51. The molecule has 2 rings (SSSR count). The molecule has 2 aromatic carbocycles. The van der Waals surface area contributed by atoms with E-state index in [2.05, 4.69) is 15.9 Å². The minimum atomic E-state index is -0.480. The van der Waals surface area contributed by atoms with Gasteiger partial charge in [-0.25, -0.2) is 0 Å². The van der Waals surface area contributed by atoms with Crippen LogP contribution >= 0.6 is 15.9 Å². The molecule has 2 aromatic rings. The third kappa shape index (κ3) is 2.93. The van der Waals surface area contributed by atoms with E-state index in [1.807, 2.05) is 36.2 Å². The van der Waals surface area contributed by atoms with Crippen molar-refractivity contribution >= 4 is 33.2 Å². The Kier molecular flexibility index (Phi) is 4.29. The Labute approximate surface area is 126 Å². The molecule has 20 heavy (non-hydrogen) atoms. The van der Waals surface area contributed by atoms with Gasteiger partial charge in [-0.2, -0.15) is 0 Å². The van der Waals surface area contributed by atoms with Crippen molar-refractivity contribution in [3.05, 3.63) is 58.1 Å². The van der Waals surface area contributed by atoms with Gasteiger partial charge in [0, 0.05) is 18.1 Å². The number of nitrogens with two attached hydrogens (primary N) is 2. The molecule has 4 nitrogen and oxygen atoms in total. The monoisotopic (exact) mass is 333 g/mol. The smallest absolute Gasteiger partial charge is 0.250 e. The average Bonchev–Trinajstić information content (AvgIpc) is 2.40. The number of amides is 1. The molecule has 0 aromatic heterocycles. The Morgan fingerprint density at radius 1 is 1.20 bits per heavy atom. The zero-order valence-electron chi connectivity index (χ0n) is 11.1. The first kappa shape index (κ1) is 14.4. The van der Waals surface area contributed by atoms with Crippen molar-refractivity contribution in [2.24, 2.45) is 5.73 Å². The molecular formula is C15H16BrN3O. The van der Waals surface area contributed by atoms with Crippen molar-refractivity contribution in [2.75, 3.05) is 17.7 Å². The summed E-state index contributed by atoms with van der Waals surface area (Å²) < 4.78 is 1.02. The number of halogens is 1. The van der Waals surface area contributed by atoms with Crippen LogP contribution in [0.15, 0.2) is 46.9 Å². The number of carbonyl (C=O) groups is 1. The van der Waals surface area contributed by atoms with Crippen LogP contribution in [0.1, 0.15) is 15.9 Å². The molecule has 0 saturated carbocycles. The number of nitrogen functional groups attached to an aromatic ring is 1. The molecule has 1 amide bonds. The van der Waals surface area contributed by atoms with Gasteiger partial charge in [0.15, 0.2) is 0 Å². The molecule has 0 unspecified atom stereocenters. The minimum absolute atomic E-state index is 0.430. The molecule has 4 N–H and O–H groups in total. The summed E-state index contributed by atoms with van der Waals surface area (Å²) in [7, 11) is 1.89. The van der Waals surface area contributed by atoms with E-state index in [4.69, 9.17) is 11.5 Å². The lowest BCUT2D eigenvalue weighted by atomic mass is 10.1. The molecule has 0 heterocycles. The number of primary amides is 1. The van der Waals surface area contributed by atoms with E-state index < -0.39 is 5.91 Å². The van der Waals surface area contributed by atoms with E-state index in [-0.39, 0.29) is 0 Å². The fourth-order valence-corrected chi connectivity index (χ4v) is 2.56. The number of benzene rings is 2. The van der Waals surface area contributed by atoms with Crippen molar-refractivity contribution in [2.45, 2.75) is 6.54 Å². The summed E-state index contributed by atoms with van der Waals surface area (Å²) in [5.41, 5.74) is 14.1. The Morgan fingerprint density at radius 3 is 2.55 bits per heavy atom. The fourth-order valence-electron chi connectivity index (χ4n) is 2.15. The van der Waals surface area contributed by atoms with E-state index in [0.29, 0.717) is 23.5 Å². The molecule has 0 radical (unpaired) electrons. The highest BCUT2D eigenvalue weighted by Crippen LogP contribution is 2.29. The van der Waals surface area contributed by atoms with Crippen molar-refractivity contribution in [1.29, 1.82) is 0 Å². The second-order valence-electron chi connectivity index (χ2n) is 4.56. The highest BCUT2D eigenvalue weighted by Gasteiger charge is 2.15. The highest BCUT2D eigenvalue weighted by atomic mass is 79.9. The van der Waals surface area contributed by atoms with Crippen LogP contribution in [0.3, 0.4) is 0 Å². The van der Waals surface area contributed by atoms with Gasteiger partial charge in [-0.1, -0.05) is 40.2 Å². The zero-order valence-corrected chi connectivity index (χ0v) is 12.7. The standard InChI is InChI=1S/C15H16BrN3O/c1-19(9-10-5-2-3-7-12(10)16)14-11(15(18)20)6-4-8-13(14)17/h2-8H,9,17H2,1H3,(H2,18,20). The van der Waals surface area contributed by atoms with Gasteiger partial charge < -0.3 is 16.4 Å². The minimum Gasteiger partial charge on any atom is -0.397 e. The number of rotatable bonds is 4. The predicted octanol–water partition coefficient (Wildman–Crippen LogP) is 2.77. The van der Waals surface area contributed by atoms with E-state index in [1.165, 1.54) is 0 Å². The van der Waals surface area contributed by atoms with E-state index >= 15 is 0 Å². The van der Waals surface area contributed by atoms with Crippen molar-refractivity contribution in [1.82, 2.24) is 0 Å². The van der Waals surface area contributed by atoms with Gasteiger partial charge in [0.2, 0.25) is 0 Å². The Morgan fingerprint density at radius 2 is 1.90 bits per heavy atom. The maximum atomic E-state index is 11.5. The van der Waals surface area contributed by atoms with E-state index in [0.717, 1.165) is 10.0 Å². The van der Waals surface area contributed by atoms with Crippen molar-refractivity contribution < 1.29 is 4.79 Å². The number of nitrogens with zero attached hydrogens (tertiary/aromatic N) is 1. The lowest BCUT2D eigenvalue weighted by Crippen LogP contribution is -2.23. The van der Waals surface area contributed by atoms with Crippen LogP contribution in [0.4, 0.5) is 11.4 Å². The normalized spacial score (nSPS) is 10.3. The highest BCUT2D eigenvalue weighted by molar-refractivity contribution is 9.10. The molecule has 0 atom stereocenters. The van der Waals surface area contributed by atoms with Gasteiger partial charge in [0.1, 0.15) is 0 Å². The SMILES string of the molecule is CN(Cc1ccccc1Br)c1c(N)cccc1C(N)=O. The van der Waals surface area contributed by atoms with Crippen LogP contribution < -0.4 is 16.4 Å². The molecule has 0 fully saturated rings.